The Morgan fingerprint density at radius 1 is 1.82 bits per heavy atom. The number of nitrogens with zero attached hydrogens (tertiary/aromatic N) is 2. The Bertz CT molecular complexity index is 250. The number of nitrogens with two attached hydrogens (primary N) is 1. The fourth-order valence-electron chi connectivity index (χ4n) is 0.847. The largest absolute Gasteiger partial charge is 0.327 e. The second-order valence-electron chi connectivity index (χ2n) is 2.67. The molecule has 2 N–H and O–H groups in total. The summed E-state index contributed by atoms with van der Waals surface area (Å²) in [7, 11) is 0. The van der Waals surface area contributed by atoms with Gasteiger partial charge in [0.15, 0.2) is 0 Å². The lowest BCUT2D eigenvalue weighted by molar-refractivity contribution is 0.670. The van der Waals surface area contributed by atoms with Crippen LogP contribution < -0.4 is 5.73 Å². The maximum atomic E-state index is 5.39. The van der Waals surface area contributed by atoms with Gasteiger partial charge in [-0.25, -0.2) is 0 Å². The summed E-state index contributed by atoms with van der Waals surface area (Å²) in [6.07, 6.45) is 3.80. The summed E-state index contributed by atoms with van der Waals surface area (Å²) in [5, 5.41) is 4.10. The Morgan fingerprint density at radius 2 is 2.55 bits per heavy atom. The van der Waals surface area contributed by atoms with Crippen molar-refractivity contribution in [2.24, 2.45) is 5.73 Å². The Balaban J connectivity index is 2.57. The van der Waals surface area contributed by atoms with Crippen molar-refractivity contribution in [3.05, 3.63) is 30.1 Å². The van der Waals surface area contributed by atoms with Gasteiger partial charge < -0.3 is 5.73 Å². The highest BCUT2D eigenvalue weighted by Crippen LogP contribution is 1.97. The minimum absolute atomic E-state index is 0.527. The molecule has 0 aliphatic heterocycles. The minimum Gasteiger partial charge on any atom is -0.327 e. The summed E-state index contributed by atoms with van der Waals surface area (Å²) in [5.41, 5.74) is 7.54. The first-order valence-electron chi connectivity index (χ1n) is 3.58. The SMILES string of the molecule is C=C(CN)Cn1cc(C)cn1. The van der Waals surface area contributed by atoms with Gasteiger partial charge in [-0.15, -0.1) is 0 Å². The van der Waals surface area contributed by atoms with Gasteiger partial charge in [0.25, 0.3) is 0 Å². The lowest BCUT2D eigenvalue weighted by atomic mass is 10.3. The third-order valence-corrected chi connectivity index (χ3v) is 1.44. The van der Waals surface area contributed by atoms with E-state index in [4.69, 9.17) is 5.73 Å². The summed E-state index contributed by atoms with van der Waals surface area (Å²) in [5.74, 6) is 0. The van der Waals surface area contributed by atoms with Gasteiger partial charge in [0.05, 0.1) is 12.7 Å². The van der Waals surface area contributed by atoms with E-state index in [2.05, 4.69) is 11.7 Å². The molecular weight excluding hydrogens is 138 g/mol. The van der Waals surface area contributed by atoms with Crippen molar-refractivity contribution in [1.29, 1.82) is 0 Å². The average molecular weight is 151 g/mol. The number of hydrogen-bond donors (Lipinski definition) is 1. The van der Waals surface area contributed by atoms with Crippen LogP contribution in [0, 0.1) is 6.92 Å². The van der Waals surface area contributed by atoms with E-state index in [1.54, 1.807) is 0 Å². The standard InChI is InChI=1S/C8H13N3/c1-7(3-9)5-11-6-8(2)4-10-11/h4,6H,1,3,5,9H2,2H3. The highest BCUT2D eigenvalue weighted by molar-refractivity contribution is 5.02. The highest BCUT2D eigenvalue weighted by atomic mass is 15.3. The molecule has 0 radical (unpaired) electrons. The molecule has 11 heavy (non-hydrogen) atoms. The molecule has 0 saturated heterocycles. The summed E-state index contributed by atoms with van der Waals surface area (Å²) in [6, 6.07) is 0. The van der Waals surface area contributed by atoms with Crippen LogP contribution in [0.5, 0.6) is 0 Å². The van der Waals surface area contributed by atoms with Crippen LogP contribution >= 0.6 is 0 Å². The van der Waals surface area contributed by atoms with Crippen molar-refractivity contribution in [3.63, 3.8) is 0 Å². The van der Waals surface area contributed by atoms with E-state index in [9.17, 15) is 0 Å². The average Bonchev–Trinajstić information content (AvgIpc) is 2.35. The van der Waals surface area contributed by atoms with Crippen molar-refractivity contribution < 1.29 is 0 Å². The third kappa shape index (κ3) is 2.20. The van der Waals surface area contributed by atoms with Gasteiger partial charge in [0.2, 0.25) is 0 Å². The van der Waals surface area contributed by atoms with Crippen LogP contribution in [0.1, 0.15) is 5.56 Å². The number of aromatic nitrogens is 2. The lowest BCUT2D eigenvalue weighted by Crippen LogP contribution is -2.09. The second-order valence-corrected chi connectivity index (χ2v) is 2.67. The number of aryl methyl sites for hydroxylation is 1. The van der Waals surface area contributed by atoms with Gasteiger partial charge in [0.1, 0.15) is 0 Å². The molecule has 0 aromatic carbocycles. The van der Waals surface area contributed by atoms with E-state index >= 15 is 0 Å². The molecule has 1 aromatic heterocycles. The normalized spacial score (nSPS) is 10.0. The highest BCUT2D eigenvalue weighted by Gasteiger charge is 1.94. The Morgan fingerprint density at radius 3 is 3.00 bits per heavy atom. The van der Waals surface area contributed by atoms with E-state index in [-0.39, 0.29) is 0 Å². The molecule has 3 heteroatoms. The lowest BCUT2D eigenvalue weighted by Gasteiger charge is -2.00. The zero-order chi connectivity index (χ0) is 8.27. The van der Waals surface area contributed by atoms with Crippen molar-refractivity contribution in [1.82, 2.24) is 9.78 Å². The van der Waals surface area contributed by atoms with Crippen molar-refractivity contribution >= 4 is 0 Å². The van der Waals surface area contributed by atoms with Crippen LogP contribution in [0.25, 0.3) is 0 Å². The molecule has 0 saturated carbocycles. The van der Waals surface area contributed by atoms with E-state index in [1.165, 1.54) is 0 Å². The van der Waals surface area contributed by atoms with Crippen LogP contribution in [-0.2, 0) is 6.54 Å². The molecule has 0 aliphatic rings. The summed E-state index contributed by atoms with van der Waals surface area (Å²) in [6.45, 7) is 7.05. The van der Waals surface area contributed by atoms with Gasteiger partial charge in [0, 0.05) is 12.7 Å². The zero-order valence-electron chi connectivity index (χ0n) is 6.75. The van der Waals surface area contributed by atoms with E-state index in [1.807, 2.05) is 24.0 Å². The predicted molar refractivity (Wildman–Crippen MR) is 45.2 cm³/mol. The molecule has 0 amide bonds. The van der Waals surface area contributed by atoms with Crippen LogP contribution in [0.2, 0.25) is 0 Å². The molecule has 0 unspecified atom stereocenters. The Hall–Kier alpha value is -1.09. The summed E-state index contributed by atoms with van der Waals surface area (Å²) in [4.78, 5) is 0. The summed E-state index contributed by atoms with van der Waals surface area (Å²) >= 11 is 0. The second kappa shape index (κ2) is 3.34. The predicted octanol–water partition coefficient (Wildman–Crippen LogP) is 0.706. The molecule has 3 nitrogen and oxygen atoms in total. The van der Waals surface area contributed by atoms with Gasteiger partial charge in [-0.3, -0.25) is 4.68 Å². The fourth-order valence-corrected chi connectivity index (χ4v) is 0.847. The number of rotatable bonds is 3. The number of hydrogen-bond acceptors (Lipinski definition) is 2. The molecule has 0 spiro atoms. The van der Waals surface area contributed by atoms with Crippen molar-refractivity contribution in [2.75, 3.05) is 6.54 Å². The first-order chi connectivity index (χ1) is 5.22. The molecule has 0 bridgehead atoms. The van der Waals surface area contributed by atoms with Gasteiger partial charge in [-0.05, 0) is 18.1 Å². The summed E-state index contributed by atoms with van der Waals surface area (Å²) < 4.78 is 1.84. The van der Waals surface area contributed by atoms with E-state index in [0.717, 1.165) is 17.7 Å². The zero-order valence-corrected chi connectivity index (χ0v) is 6.75. The van der Waals surface area contributed by atoms with Gasteiger partial charge in [-0.1, -0.05) is 6.58 Å². The molecule has 0 aliphatic carbocycles. The minimum atomic E-state index is 0.527. The molecule has 1 rings (SSSR count). The van der Waals surface area contributed by atoms with Gasteiger partial charge >= 0.3 is 0 Å². The third-order valence-electron chi connectivity index (χ3n) is 1.44. The monoisotopic (exact) mass is 151 g/mol. The molecular formula is C8H13N3. The van der Waals surface area contributed by atoms with Crippen molar-refractivity contribution in [2.45, 2.75) is 13.5 Å². The Labute approximate surface area is 66.5 Å². The molecule has 1 aromatic rings. The smallest absolute Gasteiger partial charge is 0.0629 e. The maximum absolute atomic E-state index is 5.39. The molecule has 1 heterocycles. The quantitative estimate of drug-likeness (QED) is 0.646. The van der Waals surface area contributed by atoms with E-state index in [0.29, 0.717) is 6.54 Å². The maximum Gasteiger partial charge on any atom is 0.0629 e. The molecule has 0 fully saturated rings. The van der Waals surface area contributed by atoms with Crippen LogP contribution in [0.3, 0.4) is 0 Å². The molecule has 0 atom stereocenters. The van der Waals surface area contributed by atoms with E-state index < -0.39 is 0 Å². The Kier molecular flexibility index (Phi) is 2.44. The van der Waals surface area contributed by atoms with Crippen molar-refractivity contribution in [3.8, 4) is 0 Å². The first kappa shape index (κ1) is 8.01. The van der Waals surface area contributed by atoms with Crippen LogP contribution in [0.15, 0.2) is 24.5 Å². The van der Waals surface area contributed by atoms with Crippen LogP contribution in [-0.4, -0.2) is 16.3 Å². The van der Waals surface area contributed by atoms with Gasteiger partial charge in [-0.2, -0.15) is 5.10 Å². The molecule has 60 valence electrons. The fraction of sp³-hybridized carbons (Fsp3) is 0.375. The first-order valence-corrected chi connectivity index (χ1v) is 3.58. The topological polar surface area (TPSA) is 43.8 Å². The van der Waals surface area contributed by atoms with Crippen LogP contribution in [0.4, 0.5) is 0 Å².